The number of rotatable bonds is 9. The summed E-state index contributed by atoms with van der Waals surface area (Å²) in [7, 11) is 1.40. The zero-order chi connectivity index (χ0) is 24.0. The monoisotopic (exact) mass is 477 g/mol. The normalized spacial score (nSPS) is 15.6. The molecule has 6 heteroatoms. The Balaban J connectivity index is 1.44. The molecule has 2 atom stereocenters. The molecule has 34 heavy (non-hydrogen) atoms. The van der Waals surface area contributed by atoms with Crippen LogP contribution >= 0.6 is 11.8 Å². The van der Waals surface area contributed by atoms with E-state index in [0.29, 0.717) is 6.42 Å². The first-order valence-corrected chi connectivity index (χ1v) is 12.5. The fourth-order valence-corrected chi connectivity index (χ4v) is 5.25. The van der Waals surface area contributed by atoms with Gasteiger partial charge in [-0.2, -0.15) is 0 Å². The van der Waals surface area contributed by atoms with Gasteiger partial charge in [0.25, 0.3) is 0 Å². The second-order valence-electron chi connectivity index (χ2n) is 8.67. The second kappa shape index (κ2) is 10.9. The smallest absolute Gasteiger partial charge is 0.309 e. The highest BCUT2D eigenvalue weighted by molar-refractivity contribution is 7.99. The molecule has 3 aromatic carbocycles. The van der Waals surface area contributed by atoms with E-state index in [4.69, 9.17) is 14.2 Å². The van der Waals surface area contributed by atoms with Crippen LogP contribution in [0.15, 0.2) is 83.8 Å². The van der Waals surface area contributed by atoms with Crippen LogP contribution in [0.5, 0.6) is 11.5 Å². The first kappa shape index (κ1) is 24.0. The van der Waals surface area contributed by atoms with Crippen LogP contribution < -0.4 is 14.4 Å². The van der Waals surface area contributed by atoms with Gasteiger partial charge in [0.2, 0.25) is 0 Å². The Kier molecular flexibility index (Phi) is 7.68. The lowest BCUT2D eigenvalue weighted by Gasteiger charge is -2.35. The number of esters is 1. The molecular formula is C28H31NO4S. The molecule has 0 aliphatic carbocycles. The van der Waals surface area contributed by atoms with Crippen LogP contribution in [0.1, 0.15) is 25.8 Å². The molecule has 0 radical (unpaired) electrons. The summed E-state index contributed by atoms with van der Waals surface area (Å²) in [6, 6.07) is 26.1. The maximum atomic E-state index is 12.1. The summed E-state index contributed by atoms with van der Waals surface area (Å²) in [6.07, 6.45) is 0.628. The van der Waals surface area contributed by atoms with Gasteiger partial charge in [0.15, 0.2) is 6.23 Å². The van der Waals surface area contributed by atoms with E-state index in [9.17, 15) is 4.79 Å². The van der Waals surface area contributed by atoms with E-state index in [0.717, 1.165) is 29.4 Å². The van der Waals surface area contributed by atoms with Crippen molar-refractivity contribution < 1.29 is 19.0 Å². The third kappa shape index (κ3) is 6.06. The van der Waals surface area contributed by atoms with Crippen molar-refractivity contribution in [3.05, 3.63) is 84.4 Å². The zero-order valence-electron chi connectivity index (χ0n) is 19.9. The SMILES string of the molecule is COC(=O)CC(C)(Cc1ccc(OC(C)N2CCSc3ccccc32)cc1)Oc1ccccc1. The number of anilines is 1. The fraction of sp³-hybridized carbons (Fsp3) is 0.321. The first-order valence-electron chi connectivity index (χ1n) is 11.5. The largest absolute Gasteiger partial charge is 0.487 e. The molecule has 0 saturated heterocycles. The highest BCUT2D eigenvalue weighted by Crippen LogP contribution is 2.36. The predicted octanol–water partition coefficient (Wildman–Crippen LogP) is 5.97. The first-order chi connectivity index (χ1) is 16.5. The molecular weight excluding hydrogens is 446 g/mol. The lowest BCUT2D eigenvalue weighted by Crippen LogP contribution is -2.40. The highest BCUT2D eigenvalue weighted by Gasteiger charge is 2.31. The number of ether oxygens (including phenoxy) is 3. The summed E-state index contributed by atoms with van der Waals surface area (Å²) in [5, 5.41) is 0. The quantitative estimate of drug-likeness (QED) is 0.354. The molecule has 0 bridgehead atoms. The third-order valence-electron chi connectivity index (χ3n) is 5.86. The summed E-state index contributed by atoms with van der Waals surface area (Å²) in [6.45, 7) is 4.97. The molecule has 178 valence electrons. The number of methoxy groups -OCH3 is 1. The molecule has 1 heterocycles. The molecule has 1 aliphatic rings. The van der Waals surface area contributed by atoms with E-state index < -0.39 is 5.60 Å². The van der Waals surface area contributed by atoms with E-state index in [1.54, 1.807) is 0 Å². The Morgan fingerprint density at radius 1 is 1.00 bits per heavy atom. The molecule has 1 aliphatic heterocycles. The number of hydrogen-bond donors (Lipinski definition) is 0. The topological polar surface area (TPSA) is 48.0 Å². The number of hydrogen-bond acceptors (Lipinski definition) is 6. The van der Waals surface area contributed by atoms with E-state index in [1.165, 1.54) is 17.7 Å². The van der Waals surface area contributed by atoms with Gasteiger partial charge in [0, 0.05) is 23.6 Å². The van der Waals surface area contributed by atoms with Crippen molar-refractivity contribution in [2.75, 3.05) is 24.3 Å². The van der Waals surface area contributed by atoms with Crippen molar-refractivity contribution >= 4 is 23.4 Å². The summed E-state index contributed by atoms with van der Waals surface area (Å²) >= 11 is 1.89. The standard InChI is InChI=1S/C28H31NO4S/c1-21(29-17-18-34-26-12-8-7-11-25(26)29)32-23-15-13-22(14-16-23)19-28(2,20-27(30)31-3)33-24-9-5-4-6-10-24/h4-16,21H,17-20H2,1-3H3. The number of nitrogens with zero attached hydrogens (tertiary/aromatic N) is 1. The molecule has 0 amide bonds. The van der Waals surface area contributed by atoms with E-state index >= 15 is 0 Å². The fourth-order valence-electron chi connectivity index (χ4n) is 4.23. The predicted molar refractivity (Wildman–Crippen MR) is 137 cm³/mol. The number of thioether (sulfide) groups is 1. The van der Waals surface area contributed by atoms with E-state index in [2.05, 4.69) is 36.1 Å². The molecule has 3 aromatic rings. The molecule has 2 unspecified atom stereocenters. The Morgan fingerprint density at radius 3 is 2.44 bits per heavy atom. The average Bonchev–Trinajstić information content (AvgIpc) is 2.85. The number of carbonyl (C=O) groups excluding carboxylic acids is 1. The Morgan fingerprint density at radius 2 is 1.71 bits per heavy atom. The number of carbonyl (C=O) groups is 1. The van der Waals surface area contributed by atoms with E-state index in [-0.39, 0.29) is 18.6 Å². The number of fused-ring (bicyclic) bond motifs is 1. The van der Waals surface area contributed by atoms with Gasteiger partial charge in [-0.25, -0.2) is 0 Å². The Bertz CT molecular complexity index is 1090. The lowest BCUT2D eigenvalue weighted by molar-refractivity contribution is -0.144. The van der Waals surface area contributed by atoms with Crippen LogP contribution in [0.4, 0.5) is 5.69 Å². The molecule has 0 fully saturated rings. The van der Waals surface area contributed by atoms with Crippen LogP contribution in [-0.2, 0) is 16.0 Å². The Labute approximate surface area is 206 Å². The van der Waals surface area contributed by atoms with E-state index in [1.807, 2.05) is 73.3 Å². The molecule has 5 nitrogen and oxygen atoms in total. The van der Waals surface area contributed by atoms with Crippen LogP contribution in [0.3, 0.4) is 0 Å². The van der Waals surface area contributed by atoms with Crippen molar-refractivity contribution in [3.8, 4) is 11.5 Å². The summed E-state index contributed by atoms with van der Waals surface area (Å²) in [4.78, 5) is 15.7. The zero-order valence-corrected chi connectivity index (χ0v) is 20.7. The van der Waals surface area contributed by atoms with Crippen LogP contribution in [-0.4, -0.2) is 37.2 Å². The van der Waals surface area contributed by atoms with Crippen molar-refractivity contribution in [3.63, 3.8) is 0 Å². The maximum Gasteiger partial charge on any atom is 0.309 e. The van der Waals surface area contributed by atoms with Gasteiger partial charge in [-0.15, -0.1) is 11.8 Å². The van der Waals surface area contributed by atoms with Gasteiger partial charge in [-0.3, -0.25) is 4.79 Å². The van der Waals surface area contributed by atoms with Gasteiger partial charge in [0.05, 0.1) is 19.2 Å². The number of benzene rings is 3. The molecule has 0 aromatic heterocycles. The van der Waals surface area contributed by atoms with Gasteiger partial charge >= 0.3 is 5.97 Å². The Hall–Kier alpha value is -3.12. The summed E-state index contributed by atoms with van der Waals surface area (Å²) < 4.78 is 17.5. The highest BCUT2D eigenvalue weighted by atomic mass is 32.2. The lowest BCUT2D eigenvalue weighted by atomic mass is 9.92. The molecule has 4 rings (SSSR count). The van der Waals surface area contributed by atoms with Crippen molar-refractivity contribution in [1.82, 2.24) is 0 Å². The minimum absolute atomic E-state index is 0.0843. The van der Waals surface area contributed by atoms with Gasteiger partial charge < -0.3 is 19.1 Å². The van der Waals surface area contributed by atoms with Crippen LogP contribution in [0, 0.1) is 0 Å². The van der Waals surface area contributed by atoms with Gasteiger partial charge in [0.1, 0.15) is 17.1 Å². The number of para-hydroxylation sites is 2. The molecule has 0 saturated carbocycles. The van der Waals surface area contributed by atoms with Crippen LogP contribution in [0.25, 0.3) is 0 Å². The van der Waals surface area contributed by atoms with Crippen molar-refractivity contribution in [2.45, 2.75) is 43.4 Å². The minimum Gasteiger partial charge on any atom is -0.487 e. The van der Waals surface area contributed by atoms with Crippen molar-refractivity contribution in [1.29, 1.82) is 0 Å². The van der Waals surface area contributed by atoms with Gasteiger partial charge in [-0.05, 0) is 55.8 Å². The average molecular weight is 478 g/mol. The molecule has 0 N–H and O–H groups in total. The van der Waals surface area contributed by atoms with Crippen molar-refractivity contribution in [2.24, 2.45) is 0 Å². The summed E-state index contributed by atoms with van der Waals surface area (Å²) in [5.41, 5.74) is 1.54. The second-order valence-corrected chi connectivity index (χ2v) is 9.80. The summed E-state index contributed by atoms with van der Waals surface area (Å²) in [5.74, 6) is 2.28. The molecule has 0 spiro atoms. The van der Waals surface area contributed by atoms with Gasteiger partial charge in [-0.1, -0.05) is 42.5 Å². The minimum atomic E-state index is -0.737. The van der Waals surface area contributed by atoms with Crippen LogP contribution in [0.2, 0.25) is 0 Å². The third-order valence-corrected chi connectivity index (χ3v) is 6.91. The maximum absolute atomic E-state index is 12.1.